The first kappa shape index (κ1) is 13.8. The minimum absolute atomic E-state index is 0.0604. The number of aliphatic hydroxyl groups excluding tert-OH is 2. The fraction of sp³-hybridized carbons (Fsp3) is 1.00. The molecule has 86 valence electrons. The summed E-state index contributed by atoms with van der Waals surface area (Å²) in [6.45, 7) is 1.29. The summed E-state index contributed by atoms with van der Waals surface area (Å²) in [6.07, 6.45) is -0.933. The van der Waals surface area contributed by atoms with Gasteiger partial charge in [-0.2, -0.15) is 0 Å². The molecule has 0 fully saturated rings. The topological polar surface area (TPSA) is 77.4 Å². The maximum Gasteiger partial charge on any atom is 0.307 e. The molecule has 0 spiro atoms. The smallest absolute Gasteiger partial charge is 0.307 e. The number of ether oxygens (including phenoxy) is 4. The van der Waals surface area contributed by atoms with E-state index in [4.69, 9.17) is 29.2 Å². The van der Waals surface area contributed by atoms with E-state index in [0.717, 1.165) is 0 Å². The van der Waals surface area contributed by atoms with Crippen LogP contribution in [-0.2, 0) is 18.9 Å². The van der Waals surface area contributed by atoms with Gasteiger partial charge in [0.05, 0.1) is 13.2 Å². The second kappa shape index (κ2) is 7.10. The van der Waals surface area contributed by atoms with Crippen molar-refractivity contribution in [3.8, 4) is 0 Å². The van der Waals surface area contributed by atoms with Gasteiger partial charge in [0.25, 0.3) is 0 Å². The van der Waals surface area contributed by atoms with E-state index in [0.29, 0.717) is 0 Å². The van der Waals surface area contributed by atoms with Gasteiger partial charge < -0.3 is 29.2 Å². The summed E-state index contributed by atoms with van der Waals surface area (Å²) in [6, 6.07) is 0. The van der Waals surface area contributed by atoms with Crippen LogP contribution in [-0.4, -0.2) is 56.5 Å². The second-order valence-corrected chi connectivity index (χ2v) is 2.57. The molecule has 0 rings (SSSR count). The molecule has 0 aromatic heterocycles. The summed E-state index contributed by atoms with van der Waals surface area (Å²) in [7, 11) is 2.76. The highest BCUT2D eigenvalue weighted by Crippen LogP contribution is 2.14. The molecular formula is C8H18O6. The quantitative estimate of drug-likeness (QED) is 0.516. The molecule has 1 unspecified atom stereocenters. The molecule has 0 radical (unpaired) electrons. The largest absolute Gasteiger partial charge is 0.394 e. The van der Waals surface area contributed by atoms with Gasteiger partial charge in [0.2, 0.25) is 0 Å². The summed E-state index contributed by atoms with van der Waals surface area (Å²) in [5, 5.41) is 17.5. The SMILES string of the molecule is COC(COC(C)O)(OC)OCCO. The van der Waals surface area contributed by atoms with Gasteiger partial charge in [-0.25, -0.2) is 0 Å². The highest BCUT2D eigenvalue weighted by atomic mass is 16.9. The van der Waals surface area contributed by atoms with Crippen LogP contribution in [0.25, 0.3) is 0 Å². The van der Waals surface area contributed by atoms with Crippen LogP contribution in [0.15, 0.2) is 0 Å². The van der Waals surface area contributed by atoms with Crippen molar-refractivity contribution in [2.75, 3.05) is 34.0 Å². The average molecular weight is 210 g/mol. The van der Waals surface area contributed by atoms with Crippen molar-refractivity contribution in [3.05, 3.63) is 0 Å². The molecule has 0 aliphatic heterocycles. The monoisotopic (exact) mass is 210 g/mol. The maximum absolute atomic E-state index is 8.89. The van der Waals surface area contributed by atoms with Crippen molar-refractivity contribution in [2.45, 2.75) is 19.2 Å². The van der Waals surface area contributed by atoms with Crippen LogP contribution >= 0.6 is 0 Å². The van der Waals surface area contributed by atoms with Crippen molar-refractivity contribution >= 4 is 0 Å². The third-order valence-corrected chi connectivity index (χ3v) is 1.54. The average Bonchev–Trinajstić information content (AvgIpc) is 2.19. The van der Waals surface area contributed by atoms with Crippen molar-refractivity contribution in [1.82, 2.24) is 0 Å². The van der Waals surface area contributed by atoms with E-state index in [9.17, 15) is 0 Å². The predicted molar refractivity (Wildman–Crippen MR) is 47.4 cm³/mol. The Labute approximate surface area is 83.3 Å². The molecule has 1 atom stereocenters. The van der Waals surface area contributed by atoms with E-state index in [1.54, 1.807) is 0 Å². The summed E-state index contributed by atoms with van der Waals surface area (Å²) in [5.74, 6) is -1.38. The van der Waals surface area contributed by atoms with Crippen LogP contribution in [0.5, 0.6) is 0 Å². The summed E-state index contributed by atoms with van der Waals surface area (Å²) >= 11 is 0. The Kier molecular flexibility index (Phi) is 6.98. The van der Waals surface area contributed by atoms with Crippen LogP contribution in [0, 0.1) is 0 Å². The van der Waals surface area contributed by atoms with Crippen LogP contribution in [0.4, 0.5) is 0 Å². The molecule has 6 nitrogen and oxygen atoms in total. The molecule has 0 aliphatic rings. The Morgan fingerprint density at radius 3 is 2.21 bits per heavy atom. The Bertz CT molecular complexity index is 134. The van der Waals surface area contributed by atoms with Crippen LogP contribution in [0.3, 0.4) is 0 Å². The van der Waals surface area contributed by atoms with E-state index < -0.39 is 12.3 Å². The molecule has 2 N–H and O–H groups in total. The molecule has 0 aromatic carbocycles. The molecule has 14 heavy (non-hydrogen) atoms. The van der Waals surface area contributed by atoms with Gasteiger partial charge in [-0.3, -0.25) is 0 Å². The Morgan fingerprint density at radius 1 is 1.29 bits per heavy atom. The molecule has 0 saturated heterocycles. The molecular weight excluding hydrogens is 192 g/mol. The molecule has 0 bridgehead atoms. The lowest BCUT2D eigenvalue weighted by molar-refractivity contribution is -0.386. The van der Waals surface area contributed by atoms with Crippen LogP contribution in [0.1, 0.15) is 6.92 Å². The van der Waals surface area contributed by atoms with Crippen LogP contribution < -0.4 is 0 Å². The first-order chi connectivity index (χ1) is 6.60. The first-order valence-electron chi connectivity index (χ1n) is 4.25. The van der Waals surface area contributed by atoms with E-state index in [1.807, 2.05) is 0 Å². The van der Waals surface area contributed by atoms with Crippen LogP contribution in [0.2, 0.25) is 0 Å². The summed E-state index contributed by atoms with van der Waals surface area (Å²) in [5.41, 5.74) is 0. The highest BCUT2D eigenvalue weighted by molar-refractivity contribution is 4.54. The fourth-order valence-corrected chi connectivity index (χ4v) is 0.785. The van der Waals surface area contributed by atoms with Gasteiger partial charge in [-0.05, 0) is 6.92 Å². The zero-order valence-electron chi connectivity index (χ0n) is 8.73. The van der Waals surface area contributed by atoms with Gasteiger partial charge in [0, 0.05) is 14.2 Å². The van der Waals surface area contributed by atoms with E-state index in [2.05, 4.69) is 0 Å². The summed E-state index contributed by atoms with van der Waals surface area (Å²) in [4.78, 5) is 0. The second-order valence-electron chi connectivity index (χ2n) is 2.57. The number of methoxy groups -OCH3 is 2. The zero-order chi connectivity index (χ0) is 11.0. The molecule has 0 heterocycles. The van der Waals surface area contributed by atoms with Crippen molar-refractivity contribution in [3.63, 3.8) is 0 Å². The standard InChI is InChI=1S/C8H18O6/c1-7(10)13-6-8(11-2,12-3)14-5-4-9/h7,9-10H,4-6H2,1-3H3. The third kappa shape index (κ3) is 4.85. The van der Waals surface area contributed by atoms with E-state index >= 15 is 0 Å². The Morgan fingerprint density at radius 2 is 1.86 bits per heavy atom. The lowest BCUT2D eigenvalue weighted by Crippen LogP contribution is -2.43. The zero-order valence-corrected chi connectivity index (χ0v) is 8.73. The fourth-order valence-electron chi connectivity index (χ4n) is 0.785. The predicted octanol–water partition coefficient (Wildman–Crippen LogP) is -0.703. The number of hydrogen-bond donors (Lipinski definition) is 2. The number of aliphatic hydroxyl groups is 2. The van der Waals surface area contributed by atoms with Gasteiger partial charge >= 0.3 is 5.97 Å². The minimum atomic E-state index is -1.38. The van der Waals surface area contributed by atoms with Gasteiger partial charge in [-0.15, -0.1) is 0 Å². The van der Waals surface area contributed by atoms with Gasteiger partial charge in [0.15, 0.2) is 6.29 Å². The highest BCUT2D eigenvalue weighted by Gasteiger charge is 2.32. The third-order valence-electron chi connectivity index (χ3n) is 1.54. The van der Waals surface area contributed by atoms with Crippen molar-refractivity contribution in [1.29, 1.82) is 0 Å². The lowest BCUT2D eigenvalue weighted by Gasteiger charge is -2.30. The maximum atomic E-state index is 8.89. The molecule has 6 heteroatoms. The minimum Gasteiger partial charge on any atom is -0.394 e. The lowest BCUT2D eigenvalue weighted by atomic mass is 10.5. The normalized spacial score (nSPS) is 14.4. The van der Waals surface area contributed by atoms with Crippen molar-refractivity contribution < 1.29 is 29.2 Å². The van der Waals surface area contributed by atoms with Gasteiger partial charge in [-0.1, -0.05) is 0 Å². The molecule has 0 saturated carbocycles. The molecule has 0 aliphatic carbocycles. The first-order valence-corrected chi connectivity index (χ1v) is 4.25. The summed E-state index contributed by atoms with van der Waals surface area (Å²) < 4.78 is 19.9. The van der Waals surface area contributed by atoms with E-state index in [1.165, 1.54) is 21.1 Å². The Balaban J connectivity index is 4.07. The number of rotatable bonds is 8. The molecule has 0 amide bonds. The number of hydrogen-bond acceptors (Lipinski definition) is 6. The van der Waals surface area contributed by atoms with Gasteiger partial charge in [0.1, 0.15) is 6.61 Å². The Hall–Kier alpha value is -0.240. The van der Waals surface area contributed by atoms with E-state index in [-0.39, 0.29) is 19.8 Å². The molecule has 0 aromatic rings. The van der Waals surface area contributed by atoms with Crippen molar-refractivity contribution in [2.24, 2.45) is 0 Å².